The van der Waals surface area contributed by atoms with Crippen molar-refractivity contribution < 1.29 is 17.6 Å². The van der Waals surface area contributed by atoms with Gasteiger partial charge in [0, 0.05) is 17.8 Å². The molecule has 0 fully saturated rings. The summed E-state index contributed by atoms with van der Waals surface area (Å²) in [6.07, 6.45) is 0. The van der Waals surface area contributed by atoms with E-state index in [0.717, 1.165) is 5.56 Å². The van der Waals surface area contributed by atoms with E-state index < -0.39 is 10.0 Å². The van der Waals surface area contributed by atoms with Crippen molar-refractivity contribution in [2.45, 2.75) is 18.4 Å². The van der Waals surface area contributed by atoms with Crippen LogP contribution in [0.4, 0.5) is 10.1 Å². The highest BCUT2D eigenvalue weighted by Crippen LogP contribution is 2.15. The first-order valence-electron chi connectivity index (χ1n) is 8.56. The molecule has 2 N–H and O–H groups in total. The molecule has 0 aromatic heterocycles. The number of amides is 1. The third-order valence-electron chi connectivity index (χ3n) is 4.08. The first-order chi connectivity index (χ1) is 13.3. The topological polar surface area (TPSA) is 75.3 Å². The van der Waals surface area contributed by atoms with E-state index in [-0.39, 0.29) is 23.2 Å². The van der Waals surface area contributed by atoms with Gasteiger partial charge in [0.2, 0.25) is 10.0 Å². The molecular formula is C21H19FN2O3S. The standard InChI is InChI=1S/C21H19FN2O3S/c1-15-3-2-4-19(13-15)24-21(25)17-7-11-20(12-8-17)28(26,27)23-14-16-5-9-18(22)10-6-16/h2-13,23H,14H2,1H3,(H,24,25). The quantitative estimate of drug-likeness (QED) is 0.662. The minimum atomic E-state index is -3.75. The first kappa shape index (κ1) is 19.7. The maximum Gasteiger partial charge on any atom is 0.255 e. The Hall–Kier alpha value is -3.03. The molecule has 0 radical (unpaired) electrons. The molecule has 3 aromatic rings. The van der Waals surface area contributed by atoms with Gasteiger partial charge in [0.1, 0.15) is 5.82 Å². The highest BCUT2D eigenvalue weighted by molar-refractivity contribution is 7.89. The van der Waals surface area contributed by atoms with Crippen LogP contribution >= 0.6 is 0 Å². The monoisotopic (exact) mass is 398 g/mol. The molecule has 0 atom stereocenters. The highest BCUT2D eigenvalue weighted by atomic mass is 32.2. The molecule has 5 nitrogen and oxygen atoms in total. The van der Waals surface area contributed by atoms with Gasteiger partial charge in [-0.25, -0.2) is 17.5 Å². The Morgan fingerprint density at radius 3 is 2.29 bits per heavy atom. The van der Waals surface area contributed by atoms with Gasteiger partial charge in [0.05, 0.1) is 4.90 Å². The molecule has 0 heterocycles. The lowest BCUT2D eigenvalue weighted by atomic mass is 10.2. The van der Waals surface area contributed by atoms with Gasteiger partial charge >= 0.3 is 0 Å². The number of sulfonamides is 1. The van der Waals surface area contributed by atoms with E-state index in [1.54, 1.807) is 6.07 Å². The van der Waals surface area contributed by atoms with Crippen LogP contribution in [0.5, 0.6) is 0 Å². The Labute approximate surface area is 163 Å². The Kier molecular flexibility index (Phi) is 5.87. The number of carbonyl (C=O) groups excluding carboxylic acids is 1. The van der Waals surface area contributed by atoms with Gasteiger partial charge in [-0.3, -0.25) is 4.79 Å². The third-order valence-corrected chi connectivity index (χ3v) is 5.50. The van der Waals surface area contributed by atoms with Crippen LogP contribution in [-0.4, -0.2) is 14.3 Å². The van der Waals surface area contributed by atoms with Crippen molar-refractivity contribution in [3.8, 4) is 0 Å². The maximum absolute atomic E-state index is 12.9. The number of hydrogen-bond acceptors (Lipinski definition) is 3. The number of hydrogen-bond donors (Lipinski definition) is 2. The van der Waals surface area contributed by atoms with Crippen LogP contribution in [0.25, 0.3) is 0 Å². The fourth-order valence-electron chi connectivity index (χ4n) is 2.58. The van der Waals surface area contributed by atoms with Crippen LogP contribution in [0.2, 0.25) is 0 Å². The average molecular weight is 398 g/mol. The van der Waals surface area contributed by atoms with Crippen LogP contribution in [-0.2, 0) is 16.6 Å². The minimum Gasteiger partial charge on any atom is -0.322 e. The molecule has 7 heteroatoms. The number of benzene rings is 3. The van der Waals surface area contributed by atoms with E-state index in [1.807, 2.05) is 25.1 Å². The van der Waals surface area contributed by atoms with Crippen LogP contribution in [0.1, 0.15) is 21.5 Å². The lowest BCUT2D eigenvalue weighted by Crippen LogP contribution is -2.23. The maximum atomic E-state index is 12.9. The molecule has 0 saturated heterocycles. The summed E-state index contributed by atoms with van der Waals surface area (Å²) in [7, 11) is -3.75. The number of anilines is 1. The van der Waals surface area contributed by atoms with Crippen molar-refractivity contribution in [2.75, 3.05) is 5.32 Å². The van der Waals surface area contributed by atoms with Gasteiger partial charge in [0.25, 0.3) is 5.91 Å². The van der Waals surface area contributed by atoms with Crippen LogP contribution < -0.4 is 10.0 Å². The molecular weight excluding hydrogens is 379 g/mol. The van der Waals surface area contributed by atoms with E-state index in [1.165, 1.54) is 48.5 Å². The summed E-state index contributed by atoms with van der Waals surface area (Å²) in [6, 6.07) is 18.6. The van der Waals surface area contributed by atoms with Crippen LogP contribution in [0.15, 0.2) is 77.7 Å². The van der Waals surface area contributed by atoms with Crippen LogP contribution in [0, 0.1) is 12.7 Å². The molecule has 0 bridgehead atoms. The lowest BCUT2D eigenvalue weighted by Gasteiger charge is -2.09. The van der Waals surface area contributed by atoms with Gasteiger partial charge in [0.15, 0.2) is 0 Å². The highest BCUT2D eigenvalue weighted by Gasteiger charge is 2.15. The number of rotatable bonds is 6. The Bertz CT molecular complexity index is 1080. The molecule has 0 aliphatic heterocycles. The lowest BCUT2D eigenvalue weighted by molar-refractivity contribution is 0.102. The molecule has 0 saturated carbocycles. The predicted molar refractivity (Wildman–Crippen MR) is 106 cm³/mol. The summed E-state index contributed by atoms with van der Waals surface area (Å²) >= 11 is 0. The van der Waals surface area contributed by atoms with Gasteiger partial charge in [-0.2, -0.15) is 0 Å². The second-order valence-corrected chi connectivity index (χ2v) is 8.07. The molecule has 144 valence electrons. The van der Waals surface area contributed by atoms with Crippen molar-refractivity contribution in [3.63, 3.8) is 0 Å². The van der Waals surface area contributed by atoms with Crippen molar-refractivity contribution in [1.82, 2.24) is 4.72 Å². The van der Waals surface area contributed by atoms with Gasteiger partial charge in [-0.05, 0) is 66.6 Å². The van der Waals surface area contributed by atoms with E-state index in [9.17, 15) is 17.6 Å². The second kappa shape index (κ2) is 8.33. The number of carbonyl (C=O) groups is 1. The average Bonchev–Trinajstić information content (AvgIpc) is 2.68. The summed E-state index contributed by atoms with van der Waals surface area (Å²) < 4.78 is 40.2. The first-order valence-corrected chi connectivity index (χ1v) is 10.0. The molecule has 0 spiro atoms. The Morgan fingerprint density at radius 2 is 1.64 bits per heavy atom. The largest absolute Gasteiger partial charge is 0.322 e. The SMILES string of the molecule is Cc1cccc(NC(=O)c2ccc(S(=O)(=O)NCc3ccc(F)cc3)cc2)c1. The second-order valence-electron chi connectivity index (χ2n) is 6.30. The Morgan fingerprint density at radius 1 is 0.964 bits per heavy atom. The molecule has 0 aliphatic rings. The zero-order chi connectivity index (χ0) is 20.1. The minimum absolute atomic E-state index is 0.0399. The van der Waals surface area contributed by atoms with E-state index in [0.29, 0.717) is 16.8 Å². The normalized spacial score (nSPS) is 11.2. The zero-order valence-corrected chi connectivity index (χ0v) is 16.0. The summed E-state index contributed by atoms with van der Waals surface area (Å²) in [5, 5.41) is 2.77. The molecule has 3 aromatic carbocycles. The van der Waals surface area contributed by atoms with Gasteiger partial charge < -0.3 is 5.32 Å². The fourth-order valence-corrected chi connectivity index (χ4v) is 3.59. The molecule has 3 rings (SSSR count). The molecule has 28 heavy (non-hydrogen) atoms. The summed E-state index contributed by atoms with van der Waals surface area (Å²) in [6.45, 7) is 1.96. The molecule has 0 aliphatic carbocycles. The van der Waals surface area contributed by atoms with E-state index in [2.05, 4.69) is 10.0 Å². The van der Waals surface area contributed by atoms with Crippen molar-refractivity contribution >= 4 is 21.6 Å². The Balaban J connectivity index is 1.66. The number of aryl methyl sites for hydroxylation is 1. The van der Waals surface area contributed by atoms with E-state index in [4.69, 9.17) is 0 Å². The van der Waals surface area contributed by atoms with E-state index >= 15 is 0 Å². The molecule has 0 unspecified atom stereocenters. The smallest absolute Gasteiger partial charge is 0.255 e. The summed E-state index contributed by atoms with van der Waals surface area (Å²) in [4.78, 5) is 12.4. The summed E-state index contributed by atoms with van der Waals surface area (Å²) in [5.74, 6) is -0.708. The van der Waals surface area contributed by atoms with Crippen molar-refractivity contribution in [2.24, 2.45) is 0 Å². The third kappa shape index (κ3) is 5.03. The van der Waals surface area contributed by atoms with Crippen molar-refractivity contribution in [3.05, 3.63) is 95.3 Å². The van der Waals surface area contributed by atoms with Crippen LogP contribution in [0.3, 0.4) is 0 Å². The van der Waals surface area contributed by atoms with Gasteiger partial charge in [-0.1, -0.05) is 24.3 Å². The number of halogens is 1. The number of nitrogens with one attached hydrogen (secondary N) is 2. The predicted octanol–water partition coefficient (Wildman–Crippen LogP) is 3.86. The summed E-state index contributed by atoms with van der Waals surface area (Å²) in [5.41, 5.74) is 2.67. The van der Waals surface area contributed by atoms with Gasteiger partial charge in [-0.15, -0.1) is 0 Å². The van der Waals surface area contributed by atoms with Crippen molar-refractivity contribution in [1.29, 1.82) is 0 Å². The fraction of sp³-hybridized carbons (Fsp3) is 0.0952. The molecule has 1 amide bonds. The zero-order valence-electron chi connectivity index (χ0n) is 15.1.